The molecule has 0 saturated carbocycles. The lowest BCUT2D eigenvalue weighted by atomic mass is 9.88. The SMILES string of the molecule is CC(=O)C(O)(CC(=O)O)C(N(C)[C@@H](CCCN=C(N)N)C(=O)O)[N+](C)(C)C. The van der Waals surface area contributed by atoms with Crippen LogP contribution in [0.1, 0.15) is 26.2 Å². The van der Waals surface area contributed by atoms with Gasteiger partial charge in [0.05, 0.1) is 27.6 Å². The van der Waals surface area contributed by atoms with Crippen molar-refractivity contribution in [1.82, 2.24) is 4.90 Å². The first-order chi connectivity index (χ1) is 12.1. The standard InChI is InChI=1S/C16H31N5O6/c1-10(22)16(27,9-12(23)24)14(21(3,4)5)20(2)11(13(25)26)7-6-8-19-15(17)18/h11,14,27H,6-9H2,1-5H3,(H5-,17,18,19,23,24,25,26)/p+1/t11-,14?,16?/m0/s1. The van der Waals surface area contributed by atoms with Crippen molar-refractivity contribution in [3.63, 3.8) is 0 Å². The van der Waals surface area contributed by atoms with Crippen LogP contribution in [-0.4, -0.2) is 101 Å². The number of hydrogen-bond donors (Lipinski definition) is 5. The number of guanidine groups is 1. The number of hydrogen-bond acceptors (Lipinski definition) is 6. The van der Waals surface area contributed by atoms with Crippen LogP contribution >= 0.6 is 0 Å². The molecule has 0 radical (unpaired) electrons. The number of ketones is 1. The zero-order valence-corrected chi connectivity index (χ0v) is 16.5. The third kappa shape index (κ3) is 7.12. The Hall–Kier alpha value is -2.24. The summed E-state index contributed by atoms with van der Waals surface area (Å²) < 4.78 is -0.0580. The molecule has 2 unspecified atom stereocenters. The van der Waals surface area contributed by atoms with Gasteiger partial charge in [-0.1, -0.05) is 0 Å². The van der Waals surface area contributed by atoms with Crippen molar-refractivity contribution in [2.24, 2.45) is 16.5 Å². The first-order valence-electron chi connectivity index (χ1n) is 8.41. The molecule has 0 aliphatic rings. The number of nitrogens with zero attached hydrogens (tertiary/aromatic N) is 3. The van der Waals surface area contributed by atoms with Gasteiger partial charge in [-0.2, -0.15) is 0 Å². The summed E-state index contributed by atoms with van der Waals surface area (Å²) in [5.41, 5.74) is 8.22. The summed E-state index contributed by atoms with van der Waals surface area (Å²) in [5.74, 6) is -3.38. The second-order valence-electron chi connectivity index (χ2n) is 7.51. The van der Waals surface area contributed by atoms with E-state index in [0.717, 1.165) is 6.92 Å². The molecule has 0 aliphatic carbocycles. The van der Waals surface area contributed by atoms with Gasteiger partial charge in [-0.25, -0.2) is 4.90 Å². The molecular formula is C16H32N5O6+. The number of carboxylic acids is 2. The van der Waals surface area contributed by atoms with Crippen molar-refractivity contribution in [3.8, 4) is 0 Å². The molecule has 0 fully saturated rings. The molecule has 0 aromatic rings. The summed E-state index contributed by atoms with van der Waals surface area (Å²) >= 11 is 0. The van der Waals surface area contributed by atoms with E-state index in [1.54, 1.807) is 21.1 Å². The van der Waals surface area contributed by atoms with E-state index in [0.29, 0.717) is 6.42 Å². The molecule has 7 N–H and O–H groups in total. The van der Waals surface area contributed by atoms with Gasteiger partial charge < -0.3 is 31.3 Å². The van der Waals surface area contributed by atoms with Crippen molar-refractivity contribution in [1.29, 1.82) is 0 Å². The fraction of sp³-hybridized carbons (Fsp3) is 0.750. The molecule has 0 rings (SSSR count). The summed E-state index contributed by atoms with van der Waals surface area (Å²) in [6, 6.07) is -1.08. The molecule has 0 spiro atoms. The molecule has 0 aromatic heterocycles. The predicted molar refractivity (Wildman–Crippen MR) is 98.8 cm³/mol. The van der Waals surface area contributed by atoms with Crippen LogP contribution in [0.2, 0.25) is 0 Å². The van der Waals surface area contributed by atoms with E-state index in [2.05, 4.69) is 4.99 Å². The second kappa shape index (κ2) is 9.62. The summed E-state index contributed by atoms with van der Waals surface area (Å²) in [5, 5.41) is 29.8. The predicted octanol–water partition coefficient (Wildman–Crippen LogP) is -1.75. The maximum absolute atomic E-state index is 12.2. The van der Waals surface area contributed by atoms with Crippen LogP contribution < -0.4 is 11.5 Å². The Balaban J connectivity index is 5.87. The Bertz CT molecular complexity index is 584. The summed E-state index contributed by atoms with van der Waals surface area (Å²) in [6.07, 6.45) is -1.47. The molecule has 0 amide bonds. The number of nitrogens with two attached hydrogens (primary N) is 2. The first-order valence-corrected chi connectivity index (χ1v) is 8.41. The topological polar surface area (TPSA) is 180 Å². The third-order valence-corrected chi connectivity index (χ3v) is 4.28. The van der Waals surface area contributed by atoms with Crippen LogP contribution in [0.5, 0.6) is 0 Å². The molecule has 3 atom stereocenters. The van der Waals surface area contributed by atoms with Gasteiger partial charge in [0.25, 0.3) is 0 Å². The average Bonchev–Trinajstić information content (AvgIpc) is 2.43. The number of likely N-dealkylation sites (N-methyl/N-ethyl adjacent to an activating group) is 2. The van der Waals surface area contributed by atoms with E-state index in [1.165, 1.54) is 11.9 Å². The number of aliphatic imine (C=N–C) groups is 1. The molecule has 0 heterocycles. The Morgan fingerprint density at radius 2 is 1.70 bits per heavy atom. The van der Waals surface area contributed by atoms with Gasteiger partial charge in [0, 0.05) is 6.54 Å². The summed E-state index contributed by atoms with van der Waals surface area (Å²) in [6.45, 7) is 1.31. The maximum atomic E-state index is 12.2. The number of quaternary nitrogens is 1. The van der Waals surface area contributed by atoms with Gasteiger partial charge in [-0.3, -0.25) is 19.4 Å². The van der Waals surface area contributed by atoms with Crippen LogP contribution in [0.3, 0.4) is 0 Å². The lowest BCUT2D eigenvalue weighted by molar-refractivity contribution is -0.915. The minimum Gasteiger partial charge on any atom is -0.481 e. The van der Waals surface area contributed by atoms with E-state index in [4.69, 9.17) is 11.5 Å². The van der Waals surface area contributed by atoms with Gasteiger partial charge in [0.1, 0.15) is 6.04 Å². The largest absolute Gasteiger partial charge is 0.481 e. The Morgan fingerprint density at radius 1 is 1.19 bits per heavy atom. The van der Waals surface area contributed by atoms with Crippen LogP contribution in [0, 0.1) is 0 Å². The Morgan fingerprint density at radius 3 is 2.04 bits per heavy atom. The van der Waals surface area contributed by atoms with E-state index in [9.17, 15) is 29.7 Å². The van der Waals surface area contributed by atoms with Gasteiger partial charge in [-0.05, 0) is 26.8 Å². The summed E-state index contributed by atoms with van der Waals surface area (Å²) in [4.78, 5) is 40.4. The Kier molecular flexibility index (Phi) is 8.83. The first kappa shape index (κ1) is 24.8. The highest BCUT2D eigenvalue weighted by Gasteiger charge is 2.54. The number of aliphatic hydroxyl groups is 1. The van der Waals surface area contributed by atoms with Crippen LogP contribution in [0.25, 0.3) is 0 Å². The van der Waals surface area contributed by atoms with E-state index >= 15 is 0 Å². The Labute approximate surface area is 158 Å². The van der Waals surface area contributed by atoms with Crippen molar-refractivity contribution < 1.29 is 34.2 Å². The van der Waals surface area contributed by atoms with E-state index in [1.807, 2.05) is 0 Å². The minimum atomic E-state index is -2.27. The second-order valence-corrected chi connectivity index (χ2v) is 7.51. The molecule has 156 valence electrons. The van der Waals surface area contributed by atoms with Crippen molar-refractivity contribution in [2.75, 3.05) is 34.7 Å². The monoisotopic (exact) mass is 390 g/mol. The lowest BCUT2D eigenvalue weighted by Gasteiger charge is -2.48. The van der Waals surface area contributed by atoms with Crippen LogP contribution in [0.4, 0.5) is 0 Å². The molecule has 0 aromatic carbocycles. The molecule has 0 aliphatic heterocycles. The average molecular weight is 390 g/mol. The number of Topliss-reactive ketones (excluding diaryl/α,β-unsaturated/α-hetero) is 1. The fourth-order valence-corrected chi connectivity index (χ4v) is 3.32. The molecular weight excluding hydrogens is 358 g/mol. The lowest BCUT2D eigenvalue weighted by Crippen LogP contribution is -2.70. The molecule has 11 nitrogen and oxygen atoms in total. The highest BCUT2D eigenvalue weighted by Crippen LogP contribution is 2.29. The normalized spacial score (nSPS) is 16.3. The number of carboxylic acid groups (broad SMARTS) is 2. The number of carbonyl (C=O) groups excluding carboxylic acids is 1. The van der Waals surface area contributed by atoms with Gasteiger partial charge >= 0.3 is 11.9 Å². The number of carbonyl (C=O) groups is 3. The highest BCUT2D eigenvalue weighted by atomic mass is 16.4. The third-order valence-electron chi connectivity index (χ3n) is 4.28. The van der Waals surface area contributed by atoms with Gasteiger partial charge in [0.15, 0.2) is 23.5 Å². The van der Waals surface area contributed by atoms with Gasteiger partial charge in [0.2, 0.25) is 0 Å². The maximum Gasteiger partial charge on any atom is 0.321 e. The zero-order valence-electron chi connectivity index (χ0n) is 16.5. The van der Waals surface area contributed by atoms with Gasteiger partial charge in [-0.15, -0.1) is 0 Å². The van der Waals surface area contributed by atoms with Crippen molar-refractivity contribution >= 4 is 23.7 Å². The summed E-state index contributed by atoms with van der Waals surface area (Å²) in [7, 11) is 6.39. The van der Waals surface area contributed by atoms with Crippen molar-refractivity contribution in [3.05, 3.63) is 0 Å². The quantitative estimate of drug-likeness (QED) is 0.0849. The molecule has 27 heavy (non-hydrogen) atoms. The molecule has 0 bridgehead atoms. The van der Waals surface area contributed by atoms with E-state index < -0.39 is 42.0 Å². The van der Waals surface area contributed by atoms with E-state index in [-0.39, 0.29) is 23.4 Å². The minimum absolute atomic E-state index is 0.0580. The highest BCUT2D eigenvalue weighted by molar-refractivity contribution is 5.89. The number of aliphatic carboxylic acids is 2. The fourth-order valence-electron chi connectivity index (χ4n) is 3.32. The molecule has 11 heteroatoms. The van der Waals surface area contributed by atoms with Crippen LogP contribution in [-0.2, 0) is 14.4 Å². The van der Waals surface area contributed by atoms with Crippen molar-refractivity contribution in [2.45, 2.75) is 44.0 Å². The number of rotatable bonds is 12. The molecule has 0 saturated heterocycles. The van der Waals surface area contributed by atoms with Crippen LogP contribution in [0.15, 0.2) is 4.99 Å². The smallest absolute Gasteiger partial charge is 0.321 e. The zero-order chi connectivity index (χ0) is 21.6.